The third-order valence-electron chi connectivity index (χ3n) is 9.44. The Kier molecular flexibility index (Phi) is 7.16. The number of nitriles is 1. The maximum absolute atomic E-state index is 15.3. The molecule has 1 aromatic carbocycles. The maximum atomic E-state index is 15.3. The summed E-state index contributed by atoms with van der Waals surface area (Å²) in [6.45, 7) is 9.94. The molecule has 6 atom stereocenters. The highest BCUT2D eigenvalue weighted by atomic mass is 19.1. The average Bonchev–Trinajstić information content (AvgIpc) is 3.64. The van der Waals surface area contributed by atoms with E-state index in [-0.39, 0.29) is 30.1 Å². The Morgan fingerprint density at radius 1 is 1.18 bits per heavy atom. The lowest BCUT2D eigenvalue weighted by Crippen LogP contribution is -2.55. The van der Waals surface area contributed by atoms with Crippen LogP contribution < -0.4 is 10.2 Å². The SMILES string of the molecule is CC(C)(C)OC(=O)N1[C@@H]2CC[C@@H](C2)[C@H]1C(=O)N[C@H](C#N)Cc1ccc(N2CC3CCN(C4COC4)C3C2)cc1F. The van der Waals surface area contributed by atoms with E-state index in [1.54, 1.807) is 37.8 Å². The van der Waals surface area contributed by atoms with Crippen molar-refractivity contribution < 1.29 is 23.5 Å². The maximum Gasteiger partial charge on any atom is 0.411 e. The molecule has 0 spiro atoms. The standard InChI is InChI=1S/C30H40FN5O4/c1-30(2,3)40-29(38)36-23-7-5-19(11-23)27(36)28(37)33-21(13-32)10-18-4-6-22(12-25(18)31)34-14-20-8-9-35(26(20)15-34)24-16-39-17-24/h4,6,12,19-21,23-24,26-27H,5,7-11,14-17H2,1-3H3,(H,33,37)/t19-,20?,21-,23+,26?,27-/m0/s1. The summed E-state index contributed by atoms with van der Waals surface area (Å²) >= 11 is 0. The van der Waals surface area contributed by atoms with Gasteiger partial charge in [0.2, 0.25) is 5.91 Å². The summed E-state index contributed by atoms with van der Waals surface area (Å²) in [5, 5.41) is 12.6. The molecule has 1 saturated carbocycles. The van der Waals surface area contributed by atoms with Gasteiger partial charge in [0.05, 0.1) is 25.3 Å². The van der Waals surface area contributed by atoms with Gasteiger partial charge in [-0.15, -0.1) is 0 Å². The monoisotopic (exact) mass is 553 g/mol. The Bertz CT molecular complexity index is 1190. The molecule has 4 saturated heterocycles. The molecule has 1 N–H and O–H groups in total. The summed E-state index contributed by atoms with van der Waals surface area (Å²) in [5.41, 5.74) is 0.575. The lowest BCUT2D eigenvalue weighted by molar-refractivity contribution is -0.128. The van der Waals surface area contributed by atoms with Gasteiger partial charge in [-0.25, -0.2) is 9.18 Å². The number of carbonyl (C=O) groups excluding carboxylic acids is 2. The second-order valence-corrected chi connectivity index (χ2v) is 13.2. The molecule has 5 fully saturated rings. The summed E-state index contributed by atoms with van der Waals surface area (Å²) in [6, 6.07) is 6.74. The van der Waals surface area contributed by atoms with Crippen molar-refractivity contribution in [1.29, 1.82) is 5.26 Å². The highest BCUT2D eigenvalue weighted by Gasteiger charge is 2.52. The highest BCUT2D eigenvalue weighted by Crippen LogP contribution is 2.43. The van der Waals surface area contributed by atoms with Crippen molar-refractivity contribution in [2.75, 3.05) is 37.7 Å². The number of benzene rings is 1. The van der Waals surface area contributed by atoms with E-state index in [1.165, 1.54) is 0 Å². The summed E-state index contributed by atoms with van der Waals surface area (Å²) in [6.07, 6.45) is 3.19. The Balaban J connectivity index is 1.09. The van der Waals surface area contributed by atoms with Crippen molar-refractivity contribution in [1.82, 2.24) is 15.1 Å². The molecular weight excluding hydrogens is 513 g/mol. The van der Waals surface area contributed by atoms with Gasteiger partial charge in [0.15, 0.2) is 0 Å². The van der Waals surface area contributed by atoms with E-state index in [0.29, 0.717) is 23.6 Å². The molecule has 6 rings (SSSR count). The van der Waals surface area contributed by atoms with Gasteiger partial charge in [0.1, 0.15) is 23.5 Å². The molecule has 2 amide bonds. The molecule has 5 aliphatic rings. The van der Waals surface area contributed by atoms with Crippen LogP contribution in [0.1, 0.15) is 52.0 Å². The minimum absolute atomic E-state index is 0.0274. The third-order valence-corrected chi connectivity index (χ3v) is 9.44. The van der Waals surface area contributed by atoms with Gasteiger partial charge in [0.25, 0.3) is 0 Å². The first-order chi connectivity index (χ1) is 19.1. The number of ether oxygens (including phenoxy) is 2. The number of hydrogen-bond acceptors (Lipinski definition) is 7. The Hall–Kier alpha value is -2.90. The summed E-state index contributed by atoms with van der Waals surface area (Å²) in [4.78, 5) is 32.7. The number of piperidine rings is 1. The molecule has 1 aliphatic carbocycles. The second kappa shape index (κ2) is 10.5. The van der Waals surface area contributed by atoms with Crippen LogP contribution in [0.15, 0.2) is 18.2 Å². The van der Waals surface area contributed by atoms with Gasteiger partial charge >= 0.3 is 6.09 Å². The fourth-order valence-corrected chi connectivity index (χ4v) is 7.48. The Labute approximate surface area is 235 Å². The van der Waals surface area contributed by atoms with E-state index in [1.807, 2.05) is 6.07 Å². The number of amides is 2. The lowest BCUT2D eigenvalue weighted by Gasteiger charge is -2.38. The zero-order valence-electron chi connectivity index (χ0n) is 23.6. The van der Waals surface area contributed by atoms with Crippen LogP contribution >= 0.6 is 0 Å². The zero-order valence-corrected chi connectivity index (χ0v) is 23.6. The van der Waals surface area contributed by atoms with Crippen molar-refractivity contribution in [2.45, 2.75) is 88.7 Å². The molecular formula is C30H40FN5O4. The van der Waals surface area contributed by atoms with Crippen molar-refractivity contribution in [3.8, 4) is 6.07 Å². The summed E-state index contributed by atoms with van der Waals surface area (Å²) in [5.74, 6) is -0.108. The van der Waals surface area contributed by atoms with E-state index in [9.17, 15) is 14.9 Å². The van der Waals surface area contributed by atoms with E-state index < -0.39 is 23.8 Å². The Morgan fingerprint density at radius 3 is 2.65 bits per heavy atom. The number of nitrogens with zero attached hydrogens (tertiary/aromatic N) is 4. The molecule has 40 heavy (non-hydrogen) atoms. The average molecular weight is 554 g/mol. The van der Waals surface area contributed by atoms with Crippen LogP contribution in [0, 0.1) is 29.0 Å². The smallest absolute Gasteiger partial charge is 0.411 e. The first-order valence-electron chi connectivity index (χ1n) is 14.7. The molecule has 0 radical (unpaired) electrons. The third kappa shape index (κ3) is 5.14. The van der Waals surface area contributed by atoms with Crippen LogP contribution in [0.3, 0.4) is 0 Å². The summed E-state index contributed by atoms with van der Waals surface area (Å²) < 4.78 is 26.3. The van der Waals surface area contributed by atoms with E-state index in [0.717, 1.165) is 64.2 Å². The number of fused-ring (bicyclic) bond motifs is 3. The van der Waals surface area contributed by atoms with Crippen LogP contribution in [0.5, 0.6) is 0 Å². The number of anilines is 1. The van der Waals surface area contributed by atoms with Crippen LogP contribution in [-0.4, -0.2) is 90.5 Å². The van der Waals surface area contributed by atoms with Gasteiger partial charge in [-0.2, -0.15) is 5.26 Å². The Morgan fingerprint density at radius 2 is 1.98 bits per heavy atom. The molecule has 10 heteroatoms. The topological polar surface area (TPSA) is 98.1 Å². The van der Waals surface area contributed by atoms with E-state index >= 15 is 4.39 Å². The van der Waals surface area contributed by atoms with Gasteiger partial charge in [0, 0.05) is 37.3 Å². The molecule has 4 aliphatic heterocycles. The number of rotatable bonds is 6. The van der Waals surface area contributed by atoms with Gasteiger partial charge in [-0.05, 0) is 82.5 Å². The molecule has 9 nitrogen and oxygen atoms in total. The summed E-state index contributed by atoms with van der Waals surface area (Å²) in [7, 11) is 0. The minimum atomic E-state index is -0.906. The number of halogens is 1. The molecule has 216 valence electrons. The molecule has 2 bridgehead atoms. The molecule has 1 aromatic rings. The first kappa shape index (κ1) is 27.3. The fourth-order valence-electron chi connectivity index (χ4n) is 7.48. The predicted octanol–water partition coefficient (Wildman–Crippen LogP) is 3.07. The number of nitrogens with one attached hydrogen (secondary N) is 1. The fraction of sp³-hybridized carbons (Fsp3) is 0.700. The lowest BCUT2D eigenvalue weighted by atomic mass is 9.97. The van der Waals surface area contributed by atoms with Gasteiger partial charge in [-0.3, -0.25) is 14.6 Å². The van der Waals surface area contributed by atoms with Crippen LogP contribution in [0.4, 0.5) is 14.9 Å². The molecule has 4 heterocycles. The normalized spacial score (nSPS) is 30.6. The molecule has 2 unspecified atom stereocenters. The highest BCUT2D eigenvalue weighted by molar-refractivity contribution is 5.87. The molecule has 0 aromatic heterocycles. The zero-order chi connectivity index (χ0) is 28.2. The van der Waals surface area contributed by atoms with Crippen molar-refractivity contribution in [3.63, 3.8) is 0 Å². The largest absolute Gasteiger partial charge is 0.444 e. The van der Waals surface area contributed by atoms with E-state index in [4.69, 9.17) is 9.47 Å². The van der Waals surface area contributed by atoms with Crippen LogP contribution in [0.25, 0.3) is 0 Å². The van der Waals surface area contributed by atoms with Gasteiger partial charge < -0.3 is 19.7 Å². The first-order valence-corrected chi connectivity index (χ1v) is 14.7. The number of hydrogen-bond donors (Lipinski definition) is 1. The van der Waals surface area contributed by atoms with Crippen LogP contribution in [-0.2, 0) is 20.7 Å². The van der Waals surface area contributed by atoms with Crippen LogP contribution in [0.2, 0.25) is 0 Å². The number of likely N-dealkylation sites (tertiary alicyclic amines) is 2. The van der Waals surface area contributed by atoms with Crippen molar-refractivity contribution in [2.24, 2.45) is 11.8 Å². The van der Waals surface area contributed by atoms with Gasteiger partial charge in [-0.1, -0.05) is 6.07 Å². The quantitative estimate of drug-likeness (QED) is 0.578. The second-order valence-electron chi connectivity index (χ2n) is 13.2. The van der Waals surface area contributed by atoms with Crippen molar-refractivity contribution >= 4 is 17.7 Å². The number of carbonyl (C=O) groups is 2. The van der Waals surface area contributed by atoms with Crippen molar-refractivity contribution in [3.05, 3.63) is 29.6 Å². The predicted molar refractivity (Wildman–Crippen MR) is 146 cm³/mol. The minimum Gasteiger partial charge on any atom is -0.444 e. The van der Waals surface area contributed by atoms with E-state index in [2.05, 4.69) is 21.2 Å².